The molecule has 0 aliphatic carbocycles. The second-order valence-corrected chi connectivity index (χ2v) is 6.82. The van der Waals surface area contributed by atoms with Crippen LogP contribution in [-0.2, 0) is 16.4 Å². The number of nitrogens with one attached hydrogen (secondary N) is 1. The third-order valence-corrected chi connectivity index (χ3v) is 4.03. The highest BCUT2D eigenvalue weighted by molar-refractivity contribution is 7.90. The van der Waals surface area contributed by atoms with Crippen molar-refractivity contribution in [1.82, 2.24) is 9.78 Å². The molecule has 3 N–H and O–H groups in total. The average molecular weight is 400 g/mol. The van der Waals surface area contributed by atoms with Gasteiger partial charge in [-0.2, -0.15) is 26.7 Å². The van der Waals surface area contributed by atoms with Crippen LogP contribution in [0.15, 0.2) is 54.6 Å². The van der Waals surface area contributed by atoms with Crippen molar-refractivity contribution in [2.75, 3.05) is 4.72 Å². The van der Waals surface area contributed by atoms with E-state index in [0.29, 0.717) is 5.56 Å². The number of anilines is 1. The number of nitrogens with two attached hydrogens (primary N) is 1. The maximum atomic E-state index is 13.1. The predicted molar refractivity (Wildman–Crippen MR) is 90.7 cm³/mol. The minimum Gasteiger partial charge on any atom is -0.271 e. The molecule has 0 spiro atoms. The molecular formula is C16H12F4N4O2S. The zero-order chi connectivity index (χ0) is 19.8. The molecule has 0 bridgehead atoms. The summed E-state index contributed by atoms with van der Waals surface area (Å²) < 4.78 is 77.6. The molecule has 0 aliphatic heterocycles. The SMILES string of the molecule is NS(=O)(=O)Nc1ccc(-n2nc(C(F)(F)F)cc2-c2ccc(F)cc2)cc1. The maximum absolute atomic E-state index is 13.1. The molecule has 0 fully saturated rings. The van der Waals surface area contributed by atoms with Crippen molar-refractivity contribution in [3.8, 4) is 16.9 Å². The fraction of sp³-hybridized carbons (Fsp3) is 0.0625. The molecule has 2 aromatic carbocycles. The Morgan fingerprint density at radius 2 is 1.59 bits per heavy atom. The number of rotatable bonds is 4. The van der Waals surface area contributed by atoms with Crippen molar-refractivity contribution in [2.45, 2.75) is 6.18 Å². The smallest absolute Gasteiger partial charge is 0.271 e. The molecule has 6 nitrogen and oxygen atoms in total. The lowest BCUT2D eigenvalue weighted by atomic mass is 10.1. The van der Waals surface area contributed by atoms with Crippen LogP contribution < -0.4 is 9.86 Å². The number of aromatic nitrogens is 2. The molecule has 142 valence electrons. The van der Waals surface area contributed by atoms with Crippen LogP contribution in [0.3, 0.4) is 0 Å². The van der Waals surface area contributed by atoms with Crippen LogP contribution in [0.4, 0.5) is 23.2 Å². The van der Waals surface area contributed by atoms with Gasteiger partial charge in [0.1, 0.15) is 5.82 Å². The van der Waals surface area contributed by atoms with Gasteiger partial charge in [0, 0.05) is 11.3 Å². The van der Waals surface area contributed by atoms with Gasteiger partial charge in [-0.3, -0.25) is 4.72 Å². The summed E-state index contributed by atoms with van der Waals surface area (Å²) in [6.07, 6.45) is -4.67. The first-order valence-electron chi connectivity index (χ1n) is 7.37. The summed E-state index contributed by atoms with van der Waals surface area (Å²) >= 11 is 0. The van der Waals surface area contributed by atoms with Gasteiger partial charge in [-0.1, -0.05) is 0 Å². The molecule has 0 saturated carbocycles. The second-order valence-electron chi connectivity index (χ2n) is 5.53. The maximum Gasteiger partial charge on any atom is 0.435 e. The summed E-state index contributed by atoms with van der Waals surface area (Å²) in [6, 6.07) is 11.1. The number of hydrogen-bond donors (Lipinski definition) is 2. The lowest BCUT2D eigenvalue weighted by Crippen LogP contribution is -2.21. The van der Waals surface area contributed by atoms with Gasteiger partial charge in [0.2, 0.25) is 0 Å². The molecule has 0 atom stereocenters. The first kappa shape index (κ1) is 18.9. The van der Waals surface area contributed by atoms with Crippen molar-refractivity contribution in [2.24, 2.45) is 5.14 Å². The molecule has 1 aromatic heterocycles. The van der Waals surface area contributed by atoms with E-state index in [4.69, 9.17) is 5.14 Å². The van der Waals surface area contributed by atoms with E-state index in [1.165, 1.54) is 36.4 Å². The Balaban J connectivity index is 2.08. The van der Waals surface area contributed by atoms with E-state index in [-0.39, 0.29) is 17.1 Å². The Kier molecular flexibility index (Phi) is 4.66. The van der Waals surface area contributed by atoms with Crippen molar-refractivity contribution < 1.29 is 26.0 Å². The van der Waals surface area contributed by atoms with Crippen LogP contribution in [0, 0.1) is 5.82 Å². The van der Waals surface area contributed by atoms with Gasteiger partial charge in [-0.25, -0.2) is 14.2 Å². The fourth-order valence-electron chi connectivity index (χ4n) is 2.38. The Hall–Kier alpha value is -2.92. The third kappa shape index (κ3) is 4.44. The van der Waals surface area contributed by atoms with Crippen LogP contribution in [0.2, 0.25) is 0 Å². The zero-order valence-electron chi connectivity index (χ0n) is 13.4. The largest absolute Gasteiger partial charge is 0.435 e. The molecule has 0 saturated heterocycles. The Labute approximate surface area is 151 Å². The number of halogens is 4. The summed E-state index contributed by atoms with van der Waals surface area (Å²) in [5.74, 6) is -0.528. The first-order chi connectivity index (χ1) is 12.5. The second kappa shape index (κ2) is 6.67. The summed E-state index contributed by atoms with van der Waals surface area (Å²) in [5, 5.41) is 8.46. The van der Waals surface area contributed by atoms with Crippen LogP contribution in [0.25, 0.3) is 16.9 Å². The summed E-state index contributed by atoms with van der Waals surface area (Å²) in [5.41, 5.74) is -0.327. The Morgan fingerprint density at radius 3 is 2.11 bits per heavy atom. The lowest BCUT2D eigenvalue weighted by molar-refractivity contribution is -0.141. The van der Waals surface area contributed by atoms with Crippen molar-refractivity contribution in [1.29, 1.82) is 0 Å². The summed E-state index contributed by atoms with van der Waals surface area (Å²) in [4.78, 5) is 0. The van der Waals surface area contributed by atoms with Gasteiger partial charge in [0.15, 0.2) is 5.69 Å². The Bertz CT molecular complexity index is 1060. The number of nitrogens with zero attached hydrogens (tertiary/aromatic N) is 2. The van der Waals surface area contributed by atoms with Crippen LogP contribution in [0.5, 0.6) is 0 Å². The first-order valence-corrected chi connectivity index (χ1v) is 8.92. The predicted octanol–water partition coefficient (Wildman–Crippen LogP) is 3.31. The van der Waals surface area contributed by atoms with E-state index in [9.17, 15) is 26.0 Å². The highest BCUT2D eigenvalue weighted by atomic mass is 32.2. The summed E-state index contributed by atoms with van der Waals surface area (Å²) in [7, 11) is -3.98. The number of hydrogen-bond acceptors (Lipinski definition) is 3. The third-order valence-electron chi connectivity index (χ3n) is 3.51. The molecule has 0 unspecified atom stereocenters. The van der Waals surface area contributed by atoms with Gasteiger partial charge >= 0.3 is 6.18 Å². The van der Waals surface area contributed by atoms with Gasteiger partial charge in [-0.05, 0) is 54.6 Å². The highest BCUT2D eigenvalue weighted by Gasteiger charge is 2.35. The standard InChI is InChI=1S/C16H12F4N4O2S/c17-11-3-1-10(2-4-11)14-9-15(16(18,19)20)22-24(14)13-7-5-12(6-8-13)23-27(21,25)26/h1-9,23H,(H2,21,25,26). The van der Waals surface area contributed by atoms with Crippen LogP contribution in [0.1, 0.15) is 5.69 Å². The molecule has 11 heteroatoms. The van der Waals surface area contributed by atoms with E-state index in [1.807, 2.05) is 4.72 Å². The van der Waals surface area contributed by atoms with Crippen molar-refractivity contribution in [3.05, 3.63) is 66.1 Å². The minimum atomic E-state index is -4.67. The molecule has 0 aliphatic rings. The van der Waals surface area contributed by atoms with Gasteiger partial charge < -0.3 is 0 Å². The van der Waals surface area contributed by atoms with Crippen LogP contribution >= 0.6 is 0 Å². The molecule has 3 aromatic rings. The number of alkyl halides is 3. The van der Waals surface area contributed by atoms with E-state index in [0.717, 1.165) is 22.9 Å². The minimum absolute atomic E-state index is 0.0921. The zero-order valence-corrected chi connectivity index (χ0v) is 14.2. The fourth-order valence-corrected chi connectivity index (χ4v) is 2.84. The van der Waals surface area contributed by atoms with E-state index in [1.54, 1.807) is 0 Å². The normalized spacial score (nSPS) is 12.2. The van der Waals surface area contributed by atoms with Crippen LogP contribution in [-0.4, -0.2) is 18.2 Å². The molecule has 0 amide bonds. The number of benzene rings is 2. The lowest BCUT2D eigenvalue weighted by Gasteiger charge is -2.09. The van der Waals surface area contributed by atoms with E-state index < -0.39 is 27.9 Å². The van der Waals surface area contributed by atoms with Crippen molar-refractivity contribution in [3.63, 3.8) is 0 Å². The molecule has 3 rings (SSSR count). The molecule has 0 radical (unpaired) electrons. The van der Waals surface area contributed by atoms with Gasteiger partial charge in [0.25, 0.3) is 10.2 Å². The molecule has 27 heavy (non-hydrogen) atoms. The van der Waals surface area contributed by atoms with E-state index >= 15 is 0 Å². The highest BCUT2D eigenvalue weighted by Crippen LogP contribution is 2.33. The Morgan fingerprint density at radius 1 is 1.00 bits per heavy atom. The monoisotopic (exact) mass is 400 g/mol. The van der Waals surface area contributed by atoms with Gasteiger partial charge in [0.05, 0.1) is 11.4 Å². The molecule has 1 heterocycles. The molecular weight excluding hydrogens is 388 g/mol. The average Bonchev–Trinajstić information content (AvgIpc) is 3.00. The van der Waals surface area contributed by atoms with Crippen molar-refractivity contribution >= 4 is 15.9 Å². The topological polar surface area (TPSA) is 90.0 Å². The quantitative estimate of drug-likeness (QED) is 0.659. The van der Waals surface area contributed by atoms with E-state index in [2.05, 4.69) is 5.10 Å². The van der Waals surface area contributed by atoms with Gasteiger partial charge in [-0.15, -0.1) is 0 Å². The summed E-state index contributed by atoms with van der Waals surface area (Å²) in [6.45, 7) is 0.